The zero-order chi connectivity index (χ0) is 56.1. The molecular weight excluding hydrogens is 1050 g/mol. The largest absolute Gasteiger partial charge is 0.461 e. The summed E-state index contributed by atoms with van der Waals surface area (Å²) < 4.78 is 95.4. The average Bonchev–Trinajstić information content (AvgIpc) is 4.43. The first kappa shape index (κ1) is 53.1. The van der Waals surface area contributed by atoms with Gasteiger partial charge < -0.3 is 24.6 Å². The van der Waals surface area contributed by atoms with Gasteiger partial charge in [0, 0.05) is 87.5 Å². The van der Waals surface area contributed by atoms with Crippen LogP contribution in [0, 0.1) is 35.7 Å². The highest BCUT2D eigenvalue weighted by molar-refractivity contribution is 6.02. The zero-order valence-corrected chi connectivity index (χ0v) is 44.9. The highest BCUT2D eigenvalue weighted by Crippen LogP contribution is 2.45. The van der Waals surface area contributed by atoms with Crippen molar-refractivity contribution in [2.45, 2.75) is 112 Å². The maximum absolute atomic E-state index is 17.2. The van der Waals surface area contributed by atoms with Crippen LogP contribution in [0.5, 0.6) is 6.01 Å². The van der Waals surface area contributed by atoms with E-state index in [1.54, 1.807) is 40.3 Å². The zero-order valence-electron chi connectivity index (χ0n) is 44.9. The summed E-state index contributed by atoms with van der Waals surface area (Å²) in [6.07, 6.45) is 13.5. The van der Waals surface area contributed by atoms with Gasteiger partial charge in [-0.05, 0) is 106 Å². The van der Waals surface area contributed by atoms with Crippen LogP contribution in [0.3, 0.4) is 0 Å². The van der Waals surface area contributed by atoms with E-state index in [2.05, 4.69) is 31.3 Å². The third kappa shape index (κ3) is 9.42. The number of piperidine rings is 3. The number of alkyl halides is 2. The van der Waals surface area contributed by atoms with Gasteiger partial charge in [0.05, 0.1) is 40.0 Å². The number of piperazine rings is 1. The number of ether oxygens (including phenoxy) is 2. The van der Waals surface area contributed by atoms with E-state index >= 15 is 22.0 Å². The number of likely N-dealkylation sites (tertiary alicyclic amines) is 2. The van der Waals surface area contributed by atoms with Gasteiger partial charge in [0.25, 0.3) is 5.92 Å². The Balaban J connectivity index is 0.637. The summed E-state index contributed by atoms with van der Waals surface area (Å²) in [5.74, 6) is -5.01. The van der Waals surface area contributed by atoms with Gasteiger partial charge in [0.15, 0.2) is 5.82 Å². The number of aryl methyl sites for hydroxylation is 1. The molecule has 6 aromatic rings. The fourth-order valence-corrected chi connectivity index (χ4v) is 14.5. The maximum Gasteiger partial charge on any atom is 0.409 e. The summed E-state index contributed by atoms with van der Waals surface area (Å²) in [7, 11) is 1.44. The van der Waals surface area contributed by atoms with Crippen molar-refractivity contribution in [1.82, 2.24) is 49.4 Å². The molecule has 3 amide bonds. The molecular formula is C59H62F5N11O6. The molecule has 7 saturated heterocycles. The number of hydrogen-bond donors (Lipinski definition) is 2. The Morgan fingerprint density at radius 1 is 0.901 bits per heavy atom. The molecule has 0 radical (unpaired) electrons. The number of carbonyl (C=O) groups excluding carboxylic acids is 3. The standard InChI is InChI=1S/C59H62F5N11O6/c1-3-38-43(60)11-8-34-6-4-7-39(49(34)38)51-50(62)52-41(26-65-51)53(73-28-35-9-10-36(29-73)66-35)69-55(68-52)81-32-58-18-5-20-74(58)37(14-19-58)30-80-57(79)72-22-15-33(16-23-72)27-71-21-17-42(59(63,64)31-71)40-24-46-47(25-44(40)61)75(56(78)70(46)2)45-12-13-48(76)67-54(45)77/h1,4,6-8,11,24-26,33,35-37,42,45,66H,5,9-10,12-23,27-32H2,2H3,(H,67,76,77)/t35-,36+,37-,42?,45?,58-/m0/s1. The van der Waals surface area contributed by atoms with Gasteiger partial charge >= 0.3 is 17.8 Å². The lowest BCUT2D eigenvalue weighted by Crippen LogP contribution is -2.51. The van der Waals surface area contributed by atoms with E-state index in [0.29, 0.717) is 79.7 Å². The Kier molecular flexibility index (Phi) is 13.5. The van der Waals surface area contributed by atoms with Crippen LogP contribution in [0.2, 0.25) is 0 Å². The number of carbonyl (C=O) groups is 3. The van der Waals surface area contributed by atoms with E-state index in [0.717, 1.165) is 55.7 Å². The molecule has 0 spiro atoms. The molecule has 0 aliphatic carbocycles. The van der Waals surface area contributed by atoms with Gasteiger partial charge in [-0.3, -0.25) is 38.8 Å². The molecule has 10 heterocycles. The molecule has 17 nitrogen and oxygen atoms in total. The number of aromatic nitrogens is 5. The van der Waals surface area contributed by atoms with Crippen LogP contribution in [-0.2, 0) is 21.4 Å². The van der Waals surface area contributed by atoms with E-state index < -0.39 is 65.5 Å². The lowest BCUT2D eigenvalue weighted by molar-refractivity contribution is -0.135. The average molecular weight is 1120 g/mol. The minimum atomic E-state index is -3.29. The molecule has 2 unspecified atom stereocenters. The molecule has 0 saturated carbocycles. The highest BCUT2D eigenvalue weighted by Gasteiger charge is 2.51. The fraction of sp³-hybridized carbons (Fsp3) is 0.508. The van der Waals surface area contributed by atoms with E-state index in [1.165, 1.54) is 23.7 Å². The highest BCUT2D eigenvalue weighted by atomic mass is 19.3. The van der Waals surface area contributed by atoms with Crippen molar-refractivity contribution in [2.75, 3.05) is 70.5 Å². The van der Waals surface area contributed by atoms with Crippen molar-refractivity contribution in [3.05, 3.63) is 87.7 Å². The summed E-state index contributed by atoms with van der Waals surface area (Å²) in [5.41, 5.74) is -0.492. The lowest BCUT2D eigenvalue weighted by Gasteiger charge is -2.41. The van der Waals surface area contributed by atoms with E-state index in [-0.39, 0.29) is 101 Å². The third-order valence-corrected chi connectivity index (χ3v) is 18.6. The number of nitrogens with one attached hydrogen (secondary N) is 2. The number of pyridine rings is 1. The Hall–Kier alpha value is -7.22. The topological polar surface area (TPSA) is 172 Å². The van der Waals surface area contributed by atoms with Gasteiger partial charge in [-0.25, -0.2) is 31.5 Å². The van der Waals surface area contributed by atoms with Crippen molar-refractivity contribution < 1.29 is 45.8 Å². The number of rotatable bonds is 11. The number of halogens is 5. The van der Waals surface area contributed by atoms with Crippen LogP contribution in [0.4, 0.5) is 32.6 Å². The van der Waals surface area contributed by atoms with Gasteiger partial charge in [0.1, 0.15) is 47.9 Å². The molecule has 22 heteroatoms. The molecule has 81 heavy (non-hydrogen) atoms. The predicted octanol–water partition coefficient (Wildman–Crippen LogP) is 7.16. The molecule has 3 aromatic heterocycles. The minimum Gasteiger partial charge on any atom is -0.461 e. The molecule has 13 rings (SSSR count). The van der Waals surface area contributed by atoms with Crippen LogP contribution >= 0.6 is 0 Å². The number of nitrogens with zero attached hydrogens (tertiary/aromatic N) is 9. The SMILES string of the molecule is C#Cc1c(F)ccc2cccc(-c3ncc4c(N5C[C@H]6CC[C@@H](C5)N6)nc(OC[C@@]56CCCN5[C@H](COC(=O)N5CCC(CN7CCC(c8cc9c(cc8F)n(C8CCC(=O)NC8=O)c(=O)n9C)C(F)(F)C7)CC5)CC6)nc4c3F)c12. The van der Waals surface area contributed by atoms with Crippen LogP contribution in [0.15, 0.2) is 53.5 Å². The molecule has 7 aliphatic rings. The van der Waals surface area contributed by atoms with E-state index in [9.17, 15) is 19.2 Å². The number of anilines is 1. The maximum atomic E-state index is 17.2. The number of imidazole rings is 1. The Labute approximate surface area is 463 Å². The monoisotopic (exact) mass is 1120 g/mol. The molecule has 2 N–H and O–H groups in total. The summed E-state index contributed by atoms with van der Waals surface area (Å²) in [5, 5.41) is 7.33. The van der Waals surface area contributed by atoms with Crippen molar-refractivity contribution in [3.63, 3.8) is 0 Å². The molecule has 424 valence electrons. The number of amides is 3. The van der Waals surface area contributed by atoms with Crippen molar-refractivity contribution >= 4 is 56.4 Å². The first-order valence-corrected chi connectivity index (χ1v) is 28.3. The second-order valence-electron chi connectivity index (χ2n) is 23.4. The second-order valence-corrected chi connectivity index (χ2v) is 23.4. The molecule has 3 aromatic carbocycles. The number of fused-ring (bicyclic) bond motifs is 6. The van der Waals surface area contributed by atoms with Crippen LogP contribution < -0.4 is 26.0 Å². The van der Waals surface area contributed by atoms with E-state index in [4.69, 9.17) is 25.9 Å². The fourth-order valence-electron chi connectivity index (χ4n) is 14.5. The van der Waals surface area contributed by atoms with Crippen molar-refractivity contribution in [1.29, 1.82) is 0 Å². The number of imide groups is 1. The number of terminal acetylenes is 1. The molecule has 2 bridgehead atoms. The third-order valence-electron chi connectivity index (χ3n) is 18.6. The smallest absolute Gasteiger partial charge is 0.409 e. The Morgan fingerprint density at radius 3 is 2.47 bits per heavy atom. The number of benzene rings is 3. The van der Waals surface area contributed by atoms with Crippen molar-refractivity contribution in [3.8, 4) is 29.6 Å². The molecule has 6 atom stereocenters. The lowest BCUT2D eigenvalue weighted by atomic mass is 9.84. The summed E-state index contributed by atoms with van der Waals surface area (Å²) in [6, 6.07) is 9.93. The first-order valence-electron chi connectivity index (χ1n) is 28.3. The van der Waals surface area contributed by atoms with Crippen LogP contribution in [-0.4, -0.2) is 152 Å². The quantitative estimate of drug-likeness (QED) is 0.0761. The van der Waals surface area contributed by atoms with Gasteiger partial charge in [0.2, 0.25) is 11.8 Å². The molecule has 7 aliphatic heterocycles. The Bertz CT molecular complexity index is 3640. The first-order chi connectivity index (χ1) is 39.1. The van der Waals surface area contributed by atoms with Gasteiger partial charge in [-0.15, -0.1) is 6.42 Å². The summed E-state index contributed by atoms with van der Waals surface area (Å²) >= 11 is 0. The normalized spacial score (nSPS) is 26.2. The van der Waals surface area contributed by atoms with Gasteiger partial charge in [-0.1, -0.05) is 30.2 Å². The van der Waals surface area contributed by atoms with Gasteiger partial charge in [-0.2, -0.15) is 9.97 Å². The minimum absolute atomic E-state index is 0.00741. The van der Waals surface area contributed by atoms with Crippen LogP contribution in [0.1, 0.15) is 93.7 Å². The molecule has 7 fully saturated rings. The Morgan fingerprint density at radius 2 is 1.70 bits per heavy atom. The summed E-state index contributed by atoms with van der Waals surface area (Å²) in [4.78, 5) is 73.6. The summed E-state index contributed by atoms with van der Waals surface area (Å²) in [6.45, 7) is 3.49. The van der Waals surface area contributed by atoms with E-state index in [1.807, 2.05) is 0 Å². The van der Waals surface area contributed by atoms with Crippen molar-refractivity contribution in [2.24, 2.45) is 13.0 Å². The number of hydrogen-bond acceptors (Lipinski definition) is 13. The predicted molar refractivity (Wildman–Crippen MR) is 290 cm³/mol. The van der Waals surface area contributed by atoms with Crippen LogP contribution in [0.25, 0.3) is 44.0 Å². The second kappa shape index (κ2) is 20.6.